The molecular weight excluding hydrogens is 780 g/mol. The molecule has 0 atom stereocenters. The Morgan fingerprint density at radius 3 is 1.92 bits per heavy atom. The second-order valence-corrected chi connectivity index (χ2v) is 17.7. The van der Waals surface area contributed by atoms with Crippen LogP contribution in [0.3, 0.4) is 0 Å². The number of nitrogens with one attached hydrogen (secondary N) is 1. The normalized spacial score (nSPS) is 13.3. The van der Waals surface area contributed by atoms with E-state index in [0.29, 0.717) is 0 Å². The van der Waals surface area contributed by atoms with Crippen molar-refractivity contribution in [2.75, 3.05) is 10.2 Å². The molecule has 0 fully saturated rings. The first-order chi connectivity index (χ1) is 31.3. The largest absolute Gasteiger partial charge is 0.354 e. The summed E-state index contributed by atoms with van der Waals surface area (Å²) in [6.45, 7) is 0. The van der Waals surface area contributed by atoms with Crippen molar-refractivity contribution in [2.45, 2.75) is 5.41 Å². The maximum atomic E-state index is 4.07. The van der Waals surface area contributed by atoms with Crippen molar-refractivity contribution in [3.63, 3.8) is 0 Å². The summed E-state index contributed by atoms with van der Waals surface area (Å²) in [5.74, 6) is 0. The number of benzene rings is 10. The number of hydrogen-bond acceptors (Lipinski definition) is 3. The predicted octanol–water partition coefficient (Wildman–Crippen LogP) is 14.4. The Morgan fingerprint density at radius 2 is 1.11 bits per heavy atom. The molecule has 0 aliphatic carbocycles. The van der Waals surface area contributed by atoms with Crippen LogP contribution in [0.15, 0.2) is 224 Å². The third-order valence-electron chi connectivity index (χ3n) is 13.3. The molecule has 63 heavy (non-hydrogen) atoms. The topological polar surface area (TPSA) is 15.3 Å². The van der Waals surface area contributed by atoms with E-state index in [2.05, 4.69) is 242 Å². The predicted molar refractivity (Wildman–Crippen MR) is 269 cm³/mol. The molecule has 3 heterocycles. The Balaban J connectivity index is 1.08. The molecule has 0 saturated carbocycles. The lowest BCUT2D eigenvalue weighted by Gasteiger charge is -2.49. The molecule has 0 unspecified atom stereocenters. The Bertz CT molecular complexity index is 3540. The van der Waals surface area contributed by atoms with Gasteiger partial charge >= 0.3 is 0 Å². The standard InChI is InChI=1S/C59H38BN2S/c1-4-18-38(19-5-1)39-34-35-46(51(36-39)61-50-31-16-27-45-44-26-12-15-33-54(44)63-58(45)50)55-43-25-11-10-20-40(43)37-53-56(55)60-49-30-17-29-48-57(49)62(53)52-32-14-13-28-47(52)59(48,41-21-6-2-7-22-41)42-23-8-3-9-24-42/h1-37,61H. The van der Waals surface area contributed by atoms with Crippen molar-refractivity contribution < 1.29 is 0 Å². The van der Waals surface area contributed by atoms with Gasteiger partial charge < -0.3 is 10.2 Å². The molecule has 0 saturated heterocycles. The molecular formula is C59H38BN2S. The van der Waals surface area contributed by atoms with Gasteiger partial charge in [-0.05, 0) is 85.5 Å². The molecule has 293 valence electrons. The minimum atomic E-state index is -0.538. The Morgan fingerprint density at radius 1 is 0.460 bits per heavy atom. The van der Waals surface area contributed by atoms with E-state index in [1.807, 2.05) is 11.3 Å². The Labute approximate surface area is 371 Å². The van der Waals surface area contributed by atoms with E-state index in [9.17, 15) is 0 Å². The monoisotopic (exact) mass is 817 g/mol. The fourth-order valence-electron chi connectivity index (χ4n) is 10.7. The SMILES string of the molecule is [B]1c2cccc3c2N(c2ccccc2C3(c2ccccc2)c2ccccc2)c2cc3ccccc3c(-c3ccc(-c4ccccc4)cc3Nc3cccc4c3sc3ccccc34)c21. The summed E-state index contributed by atoms with van der Waals surface area (Å²) in [5.41, 5.74) is 17.4. The lowest BCUT2D eigenvalue weighted by atomic mass is 9.54. The highest BCUT2D eigenvalue weighted by Crippen LogP contribution is 2.58. The van der Waals surface area contributed by atoms with E-state index >= 15 is 0 Å². The molecule has 13 rings (SSSR count). The van der Waals surface area contributed by atoms with Crippen LogP contribution in [-0.2, 0) is 5.41 Å². The van der Waals surface area contributed by atoms with Gasteiger partial charge in [0.2, 0.25) is 0 Å². The van der Waals surface area contributed by atoms with Crippen molar-refractivity contribution in [1.82, 2.24) is 0 Å². The highest BCUT2D eigenvalue weighted by atomic mass is 32.1. The summed E-state index contributed by atoms with van der Waals surface area (Å²) < 4.78 is 2.55. The molecule has 0 spiro atoms. The molecule has 0 bridgehead atoms. The lowest BCUT2D eigenvalue weighted by molar-refractivity contribution is 0.732. The van der Waals surface area contributed by atoms with Gasteiger partial charge in [-0.2, -0.15) is 0 Å². The van der Waals surface area contributed by atoms with Gasteiger partial charge in [0.25, 0.3) is 0 Å². The third-order valence-corrected chi connectivity index (χ3v) is 14.6. The summed E-state index contributed by atoms with van der Waals surface area (Å²) >= 11 is 1.85. The smallest absolute Gasteiger partial charge is 0.197 e. The Kier molecular flexibility index (Phi) is 8.13. The zero-order chi connectivity index (χ0) is 41.5. The van der Waals surface area contributed by atoms with Crippen LogP contribution in [-0.4, -0.2) is 7.28 Å². The number of fused-ring (bicyclic) bond motifs is 8. The summed E-state index contributed by atoms with van der Waals surface area (Å²) in [7, 11) is 2.46. The van der Waals surface area contributed by atoms with Gasteiger partial charge in [0.05, 0.1) is 21.5 Å². The number of anilines is 5. The number of thiophene rings is 1. The second-order valence-electron chi connectivity index (χ2n) is 16.7. The Hall–Kier alpha value is -7.66. The molecule has 2 aliphatic rings. The summed E-state index contributed by atoms with van der Waals surface area (Å²) in [6.07, 6.45) is 0. The number of rotatable bonds is 6. The van der Waals surface area contributed by atoms with Crippen LogP contribution in [0.5, 0.6) is 0 Å². The zero-order valence-corrected chi connectivity index (χ0v) is 35.1. The van der Waals surface area contributed by atoms with Crippen molar-refractivity contribution in [1.29, 1.82) is 0 Å². The number of para-hydroxylation sites is 2. The maximum absolute atomic E-state index is 4.07. The van der Waals surface area contributed by atoms with Crippen LogP contribution in [0.1, 0.15) is 22.3 Å². The molecule has 2 aliphatic heterocycles. The fraction of sp³-hybridized carbons (Fsp3) is 0.0169. The van der Waals surface area contributed by atoms with Crippen molar-refractivity contribution >= 4 is 88.9 Å². The molecule has 4 heteroatoms. The van der Waals surface area contributed by atoms with Crippen LogP contribution in [0, 0.1) is 0 Å². The molecule has 2 nitrogen and oxygen atoms in total. The maximum Gasteiger partial charge on any atom is 0.197 e. The van der Waals surface area contributed by atoms with Crippen molar-refractivity contribution in [2.24, 2.45) is 0 Å². The average Bonchev–Trinajstić information content (AvgIpc) is 3.74. The van der Waals surface area contributed by atoms with Gasteiger partial charge in [0.1, 0.15) is 0 Å². The molecule has 11 aromatic rings. The third kappa shape index (κ3) is 5.38. The van der Waals surface area contributed by atoms with Crippen molar-refractivity contribution in [3.8, 4) is 22.3 Å². The minimum absolute atomic E-state index is 0.538. The van der Waals surface area contributed by atoms with Gasteiger partial charge in [-0.3, -0.25) is 0 Å². The molecule has 1 aromatic heterocycles. The van der Waals surface area contributed by atoms with Gasteiger partial charge in [-0.1, -0.05) is 200 Å². The van der Waals surface area contributed by atoms with Crippen LogP contribution in [0.25, 0.3) is 53.2 Å². The van der Waals surface area contributed by atoms with Crippen LogP contribution >= 0.6 is 11.3 Å². The van der Waals surface area contributed by atoms with E-state index in [1.165, 1.54) is 97.9 Å². The minimum Gasteiger partial charge on any atom is -0.354 e. The van der Waals surface area contributed by atoms with Gasteiger partial charge in [-0.25, -0.2) is 0 Å². The second kappa shape index (κ2) is 14.2. The first kappa shape index (κ1) is 36.0. The van der Waals surface area contributed by atoms with E-state index < -0.39 is 5.41 Å². The van der Waals surface area contributed by atoms with Gasteiger partial charge in [-0.15, -0.1) is 11.3 Å². The number of hydrogen-bond donors (Lipinski definition) is 1. The molecule has 10 aromatic carbocycles. The van der Waals surface area contributed by atoms with E-state index in [-0.39, 0.29) is 0 Å². The van der Waals surface area contributed by atoms with Crippen LogP contribution in [0.2, 0.25) is 0 Å². The van der Waals surface area contributed by atoms with Crippen LogP contribution in [0.4, 0.5) is 28.4 Å². The molecule has 1 N–H and O–H groups in total. The quantitative estimate of drug-likeness (QED) is 0.168. The highest BCUT2D eigenvalue weighted by molar-refractivity contribution is 7.26. The first-order valence-corrected chi connectivity index (χ1v) is 22.5. The lowest BCUT2D eigenvalue weighted by Crippen LogP contribution is -2.47. The van der Waals surface area contributed by atoms with Gasteiger partial charge in [0, 0.05) is 38.1 Å². The van der Waals surface area contributed by atoms with E-state index in [1.54, 1.807) is 0 Å². The fourth-order valence-corrected chi connectivity index (χ4v) is 11.9. The first-order valence-electron chi connectivity index (χ1n) is 21.7. The summed E-state index contributed by atoms with van der Waals surface area (Å²) in [6, 6.07) is 82.7. The number of nitrogens with zero attached hydrogens (tertiary/aromatic N) is 1. The van der Waals surface area contributed by atoms with E-state index in [4.69, 9.17) is 0 Å². The van der Waals surface area contributed by atoms with E-state index in [0.717, 1.165) is 16.9 Å². The van der Waals surface area contributed by atoms with Crippen molar-refractivity contribution in [3.05, 3.63) is 247 Å². The summed E-state index contributed by atoms with van der Waals surface area (Å²) in [5, 5.41) is 9.05. The molecule has 1 radical (unpaired) electrons. The zero-order valence-electron chi connectivity index (χ0n) is 34.3. The van der Waals surface area contributed by atoms with Gasteiger partial charge in [0.15, 0.2) is 7.28 Å². The average molecular weight is 818 g/mol. The summed E-state index contributed by atoms with van der Waals surface area (Å²) in [4.78, 5) is 2.57. The van der Waals surface area contributed by atoms with Crippen LogP contribution < -0.4 is 21.1 Å². The highest BCUT2D eigenvalue weighted by Gasteiger charge is 2.48. The molecule has 0 amide bonds.